The molecule has 0 aliphatic rings. The normalized spacial score (nSPS) is 10.0. The van der Waals surface area contributed by atoms with Gasteiger partial charge in [-0.2, -0.15) is 0 Å². The second-order valence-electron chi connectivity index (χ2n) is 3.62. The highest BCUT2D eigenvalue weighted by atomic mass is 16.5. The van der Waals surface area contributed by atoms with Crippen LogP contribution in [-0.4, -0.2) is 12.1 Å². The summed E-state index contributed by atoms with van der Waals surface area (Å²) in [5.41, 5.74) is 7.24. The number of hydrogen-bond donors (Lipinski definition) is 1. The van der Waals surface area contributed by atoms with Crippen LogP contribution in [0.1, 0.15) is 5.69 Å². The number of nitrogens with two attached hydrogens (primary N) is 1. The van der Waals surface area contributed by atoms with Crippen LogP contribution in [0.15, 0.2) is 36.4 Å². The summed E-state index contributed by atoms with van der Waals surface area (Å²) in [7, 11) is 1.58. The van der Waals surface area contributed by atoms with E-state index in [0.717, 1.165) is 5.69 Å². The Kier molecular flexibility index (Phi) is 3.14. The van der Waals surface area contributed by atoms with E-state index in [1.807, 2.05) is 19.1 Å². The standard InChI is InChI=1S/C13H14N2O2/c1-9-4-3-5-13(15-9)17-10-6-7-12(16-2)11(14)8-10/h3-8H,14H2,1-2H3. The van der Waals surface area contributed by atoms with Crippen molar-refractivity contribution in [2.45, 2.75) is 6.92 Å². The lowest BCUT2D eigenvalue weighted by molar-refractivity contribution is 0.414. The number of aryl methyl sites for hydroxylation is 1. The molecular formula is C13H14N2O2. The molecule has 0 aliphatic carbocycles. The number of nitrogen functional groups attached to an aromatic ring is 1. The van der Waals surface area contributed by atoms with Crippen molar-refractivity contribution >= 4 is 5.69 Å². The van der Waals surface area contributed by atoms with E-state index in [1.165, 1.54) is 0 Å². The maximum absolute atomic E-state index is 5.79. The molecule has 0 unspecified atom stereocenters. The van der Waals surface area contributed by atoms with Crippen LogP contribution in [0.2, 0.25) is 0 Å². The third-order valence-corrected chi connectivity index (χ3v) is 2.29. The van der Waals surface area contributed by atoms with Crippen molar-refractivity contribution in [3.63, 3.8) is 0 Å². The van der Waals surface area contributed by atoms with Crippen LogP contribution in [0.4, 0.5) is 5.69 Å². The maximum Gasteiger partial charge on any atom is 0.219 e. The Morgan fingerprint density at radius 1 is 1.18 bits per heavy atom. The Morgan fingerprint density at radius 2 is 2.00 bits per heavy atom. The molecule has 0 spiro atoms. The molecular weight excluding hydrogens is 216 g/mol. The molecule has 4 heteroatoms. The lowest BCUT2D eigenvalue weighted by Crippen LogP contribution is -1.94. The van der Waals surface area contributed by atoms with Gasteiger partial charge in [0.05, 0.1) is 12.8 Å². The molecule has 0 saturated carbocycles. The second kappa shape index (κ2) is 4.74. The SMILES string of the molecule is COc1ccc(Oc2cccc(C)n2)cc1N. The molecule has 2 N–H and O–H groups in total. The van der Waals surface area contributed by atoms with E-state index in [-0.39, 0.29) is 0 Å². The summed E-state index contributed by atoms with van der Waals surface area (Å²) < 4.78 is 10.7. The Morgan fingerprint density at radius 3 is 2.65 bits per heavy atom. The molecule has 1 aromatic heterocycles. The zero-order valence-corrected chi connectivity index (χ0v) is 9.81. The fraction of sp³-hybridized carbons (Fsp3) is 0.154. The van der Waals surface area contributed by atoms with Crippen LogP contribution in [0, 0.1) is 6.92 Å². The van der Waals surface area contributed by atoms with Gasteiger partial charge in [-0.25, -0.2) is 4.98 Å². The fourth-order valence-corrected chi connectivity index (χ4v) is 1.47. The van der Waals surface area contributed by atoms with E-state index in [9.17, 15) is 0 Å². The molecule has 1 aromatic carbocycles. The Balaban J connectivity index is 2.22. The van der Waals surface area contributed by atoms with Gasteiger partial charge in [0, 0.05) is 17.8 Å². The number of aromatic nitrogens is 1. The summed E-state index contributed by atoms with van der Waals surface area (Å²) in [5, 5.41) is 0. The van der Waals surface area contributed by atoms with Gasteiger partial charge in [0.25, 0.3) is 0 Å². The summed E-state index contributed by atoms with van der Waals surface area (Å²) in [6.07, 6.45) is 0. The van der Waals surface area contributed by atoms with Gasteiger partial charge in [0.2, 0.25) is 5.88 Å². The molecule has 88 valence electrons. The van der Waals surface area contributed by atoms with Crippen LogP contribution in [0.25, 0.3) is 0 Å². The molecule has 2 rings (SSSR count). The number of rotatable bonds is 3. The van der Waals surface area contributed by atoms with Crippen molar-refractivity contribution in [2.75, 3.05) is 12.8 Å². The van der Waals surface area contributed by atoms with Gasteiger partial charge < -0.3 is 15.2 Å². The minimum Gasteiger partial charge on any atom is -0.495 e. The summed E-state index contributed by atoms with van der Waals surface area (Å²) in [5.74, 6) is 1.82. The first kappa shape index (κ1) is 11.3. The van der Waals surface area contributed by atoms with Gasteiger partial charge in [-0.3, -0.25) is 0 Å². The molecule has 0 aliphatic heterocycles. The molecule has 0 fully saturated rings. The van der Waals surface area contributed by atoms with Crippen LogP contribution in [-0.2, 0) is 0 Å². The molecule has 2 aromatic rings. The molecule has 0 radical (unpaired) electrons. The molecule has 0 saturated heterocycles. The molecule has 0 amide bonds. The first-order valence-corrected chi connectivity index (χ1v) is 5.24. The highest BCUT2D eigenvalue weighted by Crippen LogP contribution is 2.28. The van der Waals surface area contributed by atoms with Crippen molar-refractivity contribution in [1.82, 2.24) is 4.98 Å². The highest BCUT2D eigenvalue weighted by Gasteiger charge is 2.03. The molecule has 4 nitrogen and oxygen atoms in total. The number of ether oxygens (including phenoxy) is 2. The Hall–Kier alpha value is -2.23. The highest BCUT2D eigenvalue weighted by molar-refractivity contribution is 5.56. The van der Waals surface area contributed by atoms with Gasteiger partial charge in [-0.1, -0.05) is 6.07 Å². The topological polar surface area (TPSA) is 57.4 Å². The zero-order valence-electron chi connectivity index (χ0n) is 9.81. The number of hydrogen-bond acceptors (Lipinski definition) is 4. The van der Waals surface area contributed by atoms with E-state index >= 15 is 0 Å². The van der Waals surface area contributed by atoms with Crippen LogP contribution in [0.3, 0.4) is 0 Å². The van der Waals surface area contributed by atoms with E-state index in [0.29, 0.717) is 23.1 Å². The van der Waals surface area contributed by atoms with Crippen molar-refractivity contribution in [3.05, 3.63) is 42.1 Å². The minimum atomic E-state index is 0.539. The first-order chi connectivity index (χ1) is 8.19. The molecule has 0 bridgehead atoms. The fourth-order valence-electron chi connectivity index (χ4n) is 1.47. The molecule has 17 heavy (non-hydrogen) atoms. The van der Waals surface area contributed by atoms with Crippen molar-refractivity contribution in [3.8, 4) is 17.4 Å². The quantitative estimate of drug-likeness (QED) is 0.824. The Labute approximate surface area is 100 Å². The third kappa shape index (κ3) is 2.66. The smallest absolute Gasteiger partial charge is 0.219 e. The predicted octanol–water partition coefficient (Wildman–Crippen LogP) is 2.77. The van der Waals surface area contributed by atoms with Gasteiger partial charge in [-0.15, -0.1) is 0 Å². The zero-order chi connectivity index (χ0) is 12.3. The van der Waals surface area contributed by atoms with Crippen molar-refractivity contribution in [1.29, 1.82) is 0 Å². The largest absolute Gasteiger partial charge is 0.495 e. The summed E-state index contributed by atoms with van der Waals surface area (Å²) in [6, 6.07) is 10.9. The van der Waals surface area contributed by atoms with Gasteiger partial charge in [0.15, 0.2) is 0 Å². The lowest BCUT2D eigenvalue weighted by atomic mass is 10.3. The van der Waals surface area contributed by atoms with Gasteiger partial charge in [-0.05, 0) is 25.1 Å². The van der Waals surface area contributed by atoms with Crippen LogP contribution >= 0.6 is 0 Å². The Bertz CT molecular complexity index is 527. The van der Waals surface area contributed by atoms with E-state index in [1.54, 1.807) is 31.4 Å². The molecule has 1 heterocycles. The van der Waals surface area contributed by atoms with Crippen molar-refractivity contribution in [2.24, 2.45) is 0 Å². The summed E-state index contributed by atoms with van der Waals surface area (Å²) >= 11 is 0. The number of nitrogens with zero attached hydrogens (tertiary/aromatic N) is 1. The van der Waals surface area contributed by atoms with E-state index in [2.05, 4.69) is 4.98 Å². The predicted molar refractivity (Wildman–Crippen MR) is 66.5 cm³/mol. The number of methoxy groups -OCH3 is 1. The van der Waals surface area contributed by atoms with E-state index in [4.69, 9.17) is 15.2 Å². The number of pyridine rings is 1. The van der Waals surface area contributed by atoms with E-state index < -0.39 is 0 Å². The lowest BCUT2D eigenvalue weighted by Gasteiger charge is -2.08. The number of benzene rings is 1. The average Bonchev–Trinajstić information content (AvgIpc) is 2.29. The minimum absolute atomic E-state index is 0.539. The van der Waals surface area contributed by atoms with Crippen LogP contribution in [0.5, 0.6) is 17.4 Å². The third-order valence-electron chi connectivity index (χ3n) is 2.29. The van der Waals surface area contributed by atoms with Crippen molar-refractivity contribution < 1.29 is 9.47 Å². The van der Waals surface area contributed by atoms with Gasteiger partial charge in [0.1, 0.15) is 11.5 Å². The van der Waals surface area contributed by atoms with Gasteiger partial charge >= 0.3 is 0 Å². The second-order valence-corrected chi connectivity index (χ2v) is 3.62. The first-order valence-electron chi connectivity index (χ1n) is 5.24. The number of anilines is 1. The summed E-state index contributed by atoms with van der Waals surface area (Å²) in [4.78, 5) is 4.25. The monoisotopic (exact) mass is 230 g/mol. The van der Waals surface area contributed by atoms with Crippen LogP contribution < -0.4 is 15.2 Å². The maximum atomic E-state index is 5.79. The summed E-state index contributed by atoms with van der Waals surface area (Å²) in [6.45, 7) is 1.91. The average molecular weight is 230 g/mol. The molecule has 0 atom stereocenters.